The van der Waals surface area contributed by atoms with Gasteiger partial charge in [0.05, 0.1) is 17.2 Å². The summed E-state index contributed by atoms with van der Waals surface area (Å²) in [5.41, 5.74) is 1.86. The lowest BCUT2D eigenvalue weighted by Crippen LogP contribution is -2.46. The number of anilines is 1. The summed E-state index contributed by atoms with van der Waals surface area (Å²) >= 11 is 0. The zero-order chi connectivity index (χ0) is 16.5. The Labute approximate surface area is 142 Å². The lowest BCUT2D eigenvalue weighted by Gasteiger charge is -2.37. The first-order chi connectivity index (χ1) is 11.8. The number of urea groups is 1. The molecule has 0 saturated carbocycles. The summed E-state index contributed by atoms with van der Waals surface area (Å²) in [6.45, 7) is 6.43. The second-order valence-electron chi connectivity index (χ2n) is 6.49. The molecule has 2 aliphatic heterocycles. The number of hydrogen-bond acceptors (Lipinski definition) is 4. The smallest absolute Gasteiger partial charge is 0.320 e. The Morgan fingerprint density at radius 3 is 2.54 bits per heavy atom. The molecule has 6 nitrogen and oxygen atoms in total. The molecule has 4 rings (SSSR count). The highest BCUT2D eigenvalue weighted by molar-refractivity contribution is 5.77. The molecule has 0 spiro atoms. The Kier molecular flexibility index (Phi) is 3.96. The van der Waals surface area contributed by atoms with E-state index in [9.17, 15) is 4.79 Å². The van der Waals surface area contributed by atoms with Crippen molar-refractivity contribution in [3.63, 3.8) is 0 Å². The van der Waals surface area contributed by atoms with E-state index in [0.717, 1.165) is 62.4 Å². The molecule has 0 bridgehead atoms. The molecule has 2 saturated heterocycles. The number of amides is 2. The predicted octanol–water partition coefficient (Wildman–Crippen LogP) is 2.36. The van der Waals surface area contributed by atoms with Gasteiger partial charge < -0.3 is 14.7 Å². The minimum atomic E-state index is 0.210. The number of piperidine rings is 1. The maximum Gasteiger partial charge on any atom is 0.320 e. The van der Waals surface area contributed by atoms with Crippen LogP contribution in [0.3, 0.4) is 0 Å². The van der Waals surface area contributed by atoms with E-state index in [1.807, 2.05) is 42.3 Å². The lowest BCUT2D eigenvalue weighted by atomic mass is 10.0. The number of para-hydroxylation sites is 2. The van der Waals surface area contributed by atoms with Gasteiger partial charge >= 0.3 is 6.03 Å². The van der Waals surface area contributed by atoms with E-state index in [2.05, 4.69) is 14.8 Å². The molecule has 0 aliphatic carbocycles. The van der Waals surface area contributed by atoms with Gasteiger partial charge in [0.1, 0.15) is 5.82 Å². The molecule has 0 radical (unpaired) electrons. The third-order valence-electron chi connectivity index (χ3n) is 5.17. The summed E-state index contributed by atoms with van der Waals surface area (Å²) < 4.78 is 0. The Bertz CT molecular complexity index is 741. The molecule has 1 aromatic heterocycles. The van der Waals surface area contributed by atoms with Crippen molar-refractivity contribution in [2.24, 2.45) is 0 Å². The summed E-state index contributed by atoms with van der Waals surface area (Å²) in [6.07, 6.45) is 3.86. The molecule has 126 valence electrons. The third-order valence-corrected chi connectivity index (χ3v) is 5.17. The van der Waals surface area contributed by atoms with Gasteiger partial charge in [-0.15, -0.1) is 0 Å². The molecule has 6 heteroatoms. The Morgan fingerprint density at radius 2 is 1.83 bits per heavy atom. The Balaban J connectivity index is 1.43. The average molecular weight is 325 g/mol. The van der Waals surface area contributed by atoms with Gasteiger partial charge in [-0.05, 0) is 31.9 Å². The molecule has 0 atom stereocenters. The number of nitrogens with zero attached hydrogens (tertiary/aromatic N) is 5. The standard InChI is InChI=1S/C18H23N5O/c1-2-21-11-12-23(18(21)24)14-7-9-22(10-8-14)17-13-19-15-5-3-4-6-16(15)20-17/h3-6,13-14H,2,7-12H2,1H3. The average Bonchev–Trinajstić information content (AvgIpc) is 3.02. The van der Waals surface area contributed by atoms with Crippen LogP contribution in [0.1, 0.15) is 19.8 Å². The van der Waals surface area contributed by atoms with Crippen LogP contribution in [0.2, 0.25) is 0 Å². The number of aromatic nitrogens is 2. The topological polar surface area (TPSA) is 52.6 Å². The normalized spacial score (nSPS) is 19.5. The van der Waals surface area contributed by atoms with Gasteiger partial charge in [-0.25, -0.2) is 9.78 Å². The number of benzene rings is 1. The number of carbonyl (C=O) groups excluding carboxylic acids is 1. The van der Waals surface area contributed by atoms with Crippen molar-refractivity contribution in [3.8, 4) is 0 Å². The van der Waals surface area contributed by atoms with E-state index in [4.69, 9.17) is 4.98 Å². The van der Waals surface area contributed by atoms with Crippen LogP contribution in [0.15, 0.2) is 30.5 Å². The first kappa shape index (κ1) is 15.2. The van der Waals surface area contributed by atoms with Gasteiger partial charge in [0.25, 0.3) is 0 Å². The molecule has 0 unspecified atom stereocenters. The molecule has 2 amide bonds. The fraction of sp³-hybridized carbons (Fsp3) is 0.500. The van der Waals surface area contributed by atoms with Gasteiger partial charge in [0, 0.05) is 38.8 Å². The van der Waals surface area contributed by atoms with E-state index in [0.29, 0.717) is 6.04 Å². The van der Waals surface area contributed by atoms with Crippen LogP contribution in [0, 0.1) is 0 Å². The van der Waals surface area contributed by atoms with Crippen LogP contribution < -0.4 is 4.90 Å². The number of fused-ring (bicyclic) bond motifs is 1. The zero-order valence-electron chi connectivity index (χ0n) is 14.1. The predicted molar refractivity (Wildman–Crippen MR) is 94.1 cm³/mol. The fourth-order valence-electron chi connectivity index (χ4n) is 3.74. The second-order valence-corrected chi connectivity index (χ2v) is 6.49. The number of carbonyl (C=O) groups is 1. The van der Waals surface area contributed by atoms with Crippen molar-refractivity contribution in [1.29, 1.82) is 0 Å². The molecule has 2 aromatic rings. The van der Waals surface area contributed by atoms with Crippen molar-refractivity contribution in [1.82, 2.24) is 19.8 Å². The lowest BCUT2D eigenvalue weighted by molar-refractivity contribution is 0.169. The SMILES string of the molecule is CCN1CCN(C2CCN(c3cnc4ccccc4n3)CC2)C1=O. The van der Waals surface area contributed by atoms with E-state index in [1.54, 1.807) is 0 Å². The quantitative estimate of drug-likeness (QED) is 0.869. The van der Waals surface area contributed by atoms with E-state index >= 15 is 0 Å². The molecule has 2 aliphatic rings. The monoisotopic (exact) mass is 325 g/mol. The number of rotatable bonds is 3. The van der Waals surface area contributed by atoms with Crippen LogP contribution in [0.25, 0.3) is 11.0 Å². The first-order valence-corrected chi connectivity index (χ1v) is 8.78. The van der Waals surface area contributed by atoms with Gasteiger partial charge in [-0.3, -0.25) is 4.98 Å². The second kappa shape index (κ2) is 6.26. The van der Waals surface area contributed by atoms with Crippen LogP contribution >= 0.6 is 0 Å². The molecule has 1 aromatic carbocycles. The fourth-order valence-corrected chi connectivity index (χ4v) is 3.74. The highest BCUT2D eigenvalue weighted by atomic mass is 16.2. The summed E-state index contributed by atoms with van der Waals surface area (Å²) in [4.78, 5) is 27.9. The zero-order valence-corrected chi connectivity index (χ0v) is 14.1. The highest BCUT2D eigenvalue weighted by Gasteiger charge is 2.34. The van der Waals surface area contributed by atoms with Crippen molar-refractivity contribution in [3.05, 3.63) is 30.5 Å². The maximum atomic E-state index is 12.3. The van der Waals surface area contributed by atoms with Crippen LogP contribution in [-0.2, 0) is 0 Å². The largest absolute Gasteiger partial charge is 0.355 e. The summed E-state index contributed by atoms with van der Waals surface area (Å²) in [5.74, 6) is 0.940. The first-order valence-electron chi connectivity index (χ1n) is 8.78. The minimum absolute atomic E-state index is 0.210. The molecule has 2 fully saturated rings. The number of hydrogen-bond donors (Lipinski definition) is 0. The van der Waals surface area contributed by atoms with Gasteiger partial charge in [-0.2, -0.15) is 0 Å². The highest BCUT2D eigenvalue weighted by Crippen LogP contribution is 2.24. The van der Waals surface area contributed by atoms with Gasteiger partial charge in [-0.1, -0.05) is 12.1 Å². The van der Waals surface area contributed by atoms with E-state index in [1.165, 1.54) is 0 Å². The van der Waals surface area contributed by atoms with E-state index in [-0.39, 0.29) is 6.03 Å². The van der Waals surface area contributed by atoms with Crippen molar-refractivity contribution < 1.29 is 4.79 Å². The minimum Gasteiger partial charge on any atom is -0.355 e. The van der Waals surface area contributed by atoms with Gasteiger partial charge in [0.2, 0.25) is 0 Å². The number of likely N-dealkylation sites (N-methyl/N-ethyl adjacent to an activating group) is 1. The molecular formula is C18H23N5O. The molecular weight excluding hydrogens is 302 g/mol. The van der Waals surface area contributed by atoms with Crippen molar-refractivity contribution in [2.75, 3.05) is 37.6 Å². The molecule has 0 N–H and O–H groups in total. The Hall–Kier alpha value is -2.37. The third kappa shape index (κ3) is 2.66. The molecule has 3 heterocycles. The Morgan fingerprint density at radius 1 is 1.08 bits per heavy atom. The van der Waals surface area contributed by atoms with Crippen LogP contribution in [-0.4, -0.2) is 64.6 Å². The van der Waals surface area contributed by atoms with Gasteiger partial charge in [0.15, 0.2) is 0 Å². The summed E-state index contributed by atoms with van der Waals surface area (Å²) in [7, 11) is 0. The summed E-state index contributed by atoms with van der Waals surface area (Å²) in [6, 6.07) is 8.53. The van der Waals surface area contributed by atoms with E-state index < -0.39 is 0 Å². The van der Waals surface area contributed by atoms with Crippen LogP contribution in [0.5, 0.6) is 0 Å². The maximum absolute atomic E-state index is 12.3. The van der Waals surface area contributed by atoms with Crippen LogP contribution in [0.4, 0.5) is 10.6 Å². The van der Waals surface area contributed by atoms with Crippen molar-refractivity contribution in [2.45, 2.75) is 25.8 Å². The van der Waals surface area contributed by atoms with Crippen molar-refractivity contribution >= 4 is 22.9 Å². The summed E-state index contributed by atoms with van der Waals surface area (Å²) in [5, 5.41) is 0. The molecule has 24 heavy (non-hydrogen) atoms.